The summed E-state index contributed by atoms with van der Waals surface area (Å²) in [7, 11) is 0. The zero-order valence-corrected chi connectivity index (χ0v) is 21.2. The standard InChI is InChI=1S/C29H33N5O3/c1-22(23-8-4-2-5-9-23)30-28(36)29(24-10-6-3-7-11-24)14-16-34(17-15-29)27(35)25-12-13-26(32-31-25)33-18-20-37-21-19-33/h2-13,22H,14-21H2,1H3,(H,30,36)/t22-/m0/s1. The van der Waals surface area contributed by atoms with Crippen LogP contribution in [0, 0.1) is 0 Å². The number of amides is 2. The van der Waals surface area contributed by atoms with Crippen LogP contribution in [0.15, 0.2) is 72.8 Å². The first kappa shape index (κ1) is 24.9. The van der Waals surface area contributed by atoms with Gasteiger partial charge in [0.2, 0.25) is 5.91 Å². The molecule has 2 aliphatic heterocycles. The number of benzene rings is 2. The summed E-state index contributed by atoms with van der Waals surface area (Å²) < 4.78 is 5.39. The topological polar surface area (TPSA) is 87.7 Å². The largest absolute Gasteiger partial charge is 0.378 e. The molecule has 5 rings (SSSR count). The molecule has 0 bridgehead atoms. The second-order valence-electron chi connectivity index (χ2n) is 9.72. The third kappa shape index (κ3) is 5.34. The molecule has 0 radical (unpaired) electrons. The maximum Gasteiger partial charge on any atom is 0.274 e. The van der Waals surface area contributed by atoms with Crippen molar-refractivity contribution in [1.29, 1.82) is 0 Å². The van der Waals surface area contributed by atoms with Crippen molar-refractivity contribution in [3.05, 3.63) is 89.6 Å². The Morgan fingerprint density at radius 1 is 0.865 bits per heavy atom. The summed E-state index contributed by atoms with van der Waals surface area (Å²) in [5, 5.41) is 11.8. The molecule has 0 unspecified atom stereocenters. The molecule has 1 atom stereocenters. The Balaban J connectivity index is 1.29. The first-order valence-electron chi connectivity index (χ1n) is 12.9. The molecule has 2 aliphatic rings. The van der Waals surface area contributed by atoms with Crippen molar-refractivity contribution in [2.45, 2.75) is 31.2 Å². The van der Waals surface area contributed by atoms with Crippen molar-refractivity contribution < 1.29 is 14.3 Å². The third-order valence-corrected chi connectivity index (χ3v) is 7.52. The zero-order valence-electron chi connectivity index (χ0n) is 21.2. The number of anilines is 1. The molecule has 2 aromatic carbocycles. The molecule has 0 saturated carbocycles. The van der Waals surface area contributed by atoms with E-state index in [-0.39, 0.29) is 17.9 Å². The number of likely N-dealkylation sites (tertiary alicyclic amines) is 1. The molecule has 2 amide bonds. The van der Waals surface area contributed by atoms with Gasteiger partial charge in [-0.05, 0) is 43.0 Å². The molecular formula is C29H33N5O3. The van der Waals surface area contributed by atoms with Gasteiger partial charge < -0.3 is 19.9 Å². The van der Waals surface area contributed by atoms with Crippen LogP contribution in [0.25, 0.3) is 0 Å². The SMILES string of the molecule is C[C@H](NC(=O)C1(c2ccccc2)CCN(C(=O)c2ccc(N3CCOCC3)nn2)CC1)c1ccccc1. The van der Waals surface area contributed by atoms with Crippen LogP contribution in [0.3, 0.4) is 0 Å². The summed E-state index contributed by atoms with van der Waals surface area (Å²) in [6, 6.07) is 23.4. The second kappa shape index (κ2) is 11.1. The molecule has 1 N–H and O–H groups in total. The van der Waals surface area contributed by atoms with Gasteiger partial charge in [0.1, 0.15) is 0 Å². The maximum absolute atomic E-state index is 13.8. The molecule has 192 valence electrons. The Kier molecular flexibility index (Phi) is 7.46. The van der Waals surface area contributed by atoms with Crippen LogP contribution in [0.1, 0.15) is 47.4 Å². The van der Waals surface area contributed by atoms with Gasteiger partial charge in [-0.15, -0.1) is 10.2 Å². The van der Waals surface area contributed by atoms with Crippen molar-refractivity contribution in [3.8, 4) is 0 Å². The first-order chi connectivity index (χ1) is 18.1. The Morgan fingerprint density at radius 3 is 2.14 bits per heavy atom. The number of ether oxygens (including phenoxy) is 1. The minimum absolute atomic E-state index is 0.00296. The van der Waals surface area contributed by atoms with E-state index in [1.165, 1.54) is 0 Å². The molecular weight excluding hydrogens is 466 g/mol. The summed E-state index contributed by atoms with van der Waals surface area (Å²) >= 11 is 0. The van der Waals surface area contributed by atoms with Crippen molar-refractivity contribution in [2.24, 2.45) is 0 Å². The summed E-state index contributed by atoms with van der Waals surface area (Å²) in [4.78, 5) is 30.9. The van der Waals surface area contributed by atoms with E-state index in [2.05, 4.69) is 20.4 Å². The van der Waals surface area contributed by atoms with Crippen molar-refractivity contribution in [2.75, 3.05) is 44.3 Å². The Labute approximate surface area is 217 Å². The van der Waals surface area contributed by atoms with Crippen molar-refractivity contribution in [1.82, 2.24) is 20.4 Å². The number of nitrogens with zero attached hydrogens (tertiary/aromatic N) is 4. The van der Waals surface area contributed by atoms with Gasteiger partial charge in [0.05, 0.1) is 24.7 Å². The van der Waals surface area contributed by atoms with Gasteiger partial charge in [-0.1, -0.05) is 60.7 Å². The number of rotatable bonds is 6. The summed E-state index contributed by atoms with van der Waals surface area (Å²) in [5.74, 6) is 0.600. The quantitative estimate of drug-likeness (QED) is 0.560. The summed E-state index contributed by atoms with van der Waals surface area (Å²) in [6.45, 7) is 5.79. The first-order valence-corrected chi connectivity index (χ1v) is 12.9. The maximum atomic E-state index is 13.8. The summed E-state index contributed by atoms with van der Waals surface area (Å²) in [5.41, 5.74) is 1.67. The van der Waals surface area contributed by atoms with Crippen LogP contribution in [-0.4, -0.2) is 66.3 Å². The zero-order chi connectivity index (χ0) is 25.7. The fourth-order valence-corrected chi connectivity index (χ4v) is 5.22. The number of morpholine rings is 1. The monoisotopic (exact) mass is 499 g/mol. The molecule has 2 fully saturated rings. The second-order valence-corrected chi connectivity index (χ2v) is 9.72. The third-order valence-electron chi connectivity index (χ3n) is 7.52. The lowest BCUT2D eigenvalue weighted by molar-refractivity contribution is -0.129. The highest BCUT2D eigenvalue weighted by molar-refractivity contribution is 5.93. The number of carbonyl (C=O) groups is 2. The Bertz CT molecular complexity index is 1190. The smallest absolute Gasteiger partial charge is 0.274 e. The van der Waals surface area contributed by atoms with Gasteiger partial charge in [-0.25, -0.2) is 0 Å². The van der Waals surface area contributed by atoms with Crippen LogP contribution >= 0.6 is 0 Å². The average molecular weight is 500 g/mol. The number of piperidine rings is 1. The van der Waals surface area contributed by atoms with E-state index in [1.807, 2.05) is 73.7 Å². The molecule has 3 aromatic rings. The average Bonchev–Trinajstić information content (AvgIpc) is 2.98. The highest BCUT2D eigenvalue weighted by atomic mass is 16.5. The van der Waals surface area contributed by atoms with E-state index in [4.69, 9.17) is 4.74 Å². The molecule has 0 aliphatic carbocycles. The Hall–Kier alpha value is -3.78. The normalized spacial score (nSPS) is 18.2. The van der Waals surface area contributed by atoms with Gasteiger partial charge in [-0.3, -0.25) is 9.59 Å². The van der Waals surface area contributed by atoms with E-state index in [9.17, 15) is 9.59 Å². The van der Waals surface area contributed by atoms with Gasteiger partial charge in [0.15, 0.2) is 11.5 Å². The van der Waals surface area contributed by atoms with Gasteiger partial charge >= 0.3 is 0 Å². The molecule has 3 heterocycles. The molecule has 2 saturated heterocycles. The molecule has 1 aromatic heterocycles. The summed E-state index contributed by atoms with van der Waals surface area (Å²) in [6.07, 6.45) is 1.07. The lowest BCUT2D eigenvalue weighted by Crippen LogP contribution is -2.53. The molecule has 37 heavy (non-hydrogen) atoms. The lowest BCUT2D eigenvalue weighted by atomic mass is 9.71. The van der Waals surface area contributed by atoms with E-state index in [1.54, 1.807) is 11.0 Å². The highest BCUT2D eigenvalue weighted by Crippen LogP contribution is 2.37. The number of nitrogens with one attached hydrogen (secondary N) is 1. The fraction of sp³-hybridized carbons (Fsp3) is 0.379. The van der Waals surface area contributed by atoms with E-state index < -0.39 is 5.41 Å². The van der Waals surface area contributed by atoms with Gasteiger partial charge in [0, 0.05) is 26.2 Å². The van der Waals surface area contributed by atoms with Crippen LogP contribution in [0.5, 0.6) is 0 Å². The van der Waals surface area contributed by atoms with Crippen molar-refractivity contribution >= 4 is 17.6 Å². The van der Waals surface area contributed by atoms with Crippen LogP contribution in [-0.2, 0) is 14.9 Å². The van der Waals surface area contributed by atoms with Gasteiger partial charge in [-0.2, -0.15) is 0 Å². The number of carbonyl (C=O) groups excluding carboxylic acids is 2. The van der Waals surface area contributed by atoms with E-state index >= 15 is 0 Å². The highest BCUT2D eigenvalue weighted by Gasteiger charge is 2.44. The Morgan fingerprint density at radius 2 is 1.51 bits per heavy atom. The van der Waals surface area contributed by atoms with E-state index in [0.29, 0.717) is 44.8 Å². The minimum Gasteiger partial charge on any atom is -0.378 e. The molecule has 8 heteroatoms. The molecule has 0 spiro atoms. The predicted octanol–water partition coefficient (Wildman–Crippen LogP) is 3.36. The van der Waals surface area contributed by atoms with Crippen molar-refractivity contribution in [3.63, 3.8) is 0 Å². The number of hydrogen-bond acceptors (Lipinski definition) is 6. The van der Waals surface area contributed by atoms with Crippen LogP contribution < -0.4 is 10.2 Å². The lowest BCUT2D eigenvalue weighted by Gasteiger charge is -2.41. The molecule has 8 nitrogen and oxygen atoms in total. The van der Waals surface area contributed by atoms with E-state index in [0.717, 1.165) is 30.0 Å². The number of aromatic nitrogens is 2. The fourth-order valence-electron chi connectivity index (χ4n) is 5.22. The van der Waals surface area contributed by atoms with Crippen LogP contribution in [0.4, 0.5) is 5.82 Å². The van der Waals surface area contributed by atoms with Gasteiger partial charge in [0.25, 0.3) is 5.91 Å². The van der Waals surface area contributed by atoms with Crippen LogP contribution in [0.2, 0.25) is 0 Å². The number of hydrogen-bond donors (Lipinski definition) is 1. The minimum atomic E-state index is -0.701. The predicted molar refractivity (Wildman–Crippen MR) is 141 cm³/mol.